The minimum Gasteiger partial charge on any atom is -0.350 e. The number of amides is 2. The van der Waals surface area contributed by atoms with Crippen LogP contribution in [0.1, 0.15) is 6.04 Å². The number of rotatable bonds is 3. The maximum absolute atomic E-state index is 11.7. The summed E-state index contributed by atoms with van der Waals surface area (Å²) < 4.78 is 3.77. The number of nitrogens with zero attached hydrogens (tertiary/aromatic N) is 7. The van der Waals surface area contributed by atoms with Gasteiger partial charge in [-0.3, -0.25) is 9.58 Å². The highest BCUT2D eigenvalue weighted by molar-refractivity contribution is 5.93. The molecule has 2 fully saturated rings. The van der Waals surface area contributed by atoms with Crippen LogP contribution in [0.4, 0.5) is 16.3 Å². The van der Waals surface area contributed by atoms with E-state index >= 15 is 0 Å². The number of hydrogen-bond donors (Lipinski definition) is 1. The summed E-state index contributed by atoms with van der Waals surface area (Å²) in [6.45, 7) is 3.05. The predicted octanol–water partition coefficient (Wildman–Crippen LogP) is 0.517. The minimum absolute atomic E-state index is 0.0543. The molecule has 9 nitrogen and oxygen atoms in total. The third kappa shape index (κ3) is 1.94. The molecule has 9 heteroatoms. The predicted molar refractivity (Wildman–Crippen MR) is 87.2 cm³/mol. The first-order chi connectivity index (χ1) is 11.8. The van der Waals surface area contributed by atoms with Gasteiger partial charge in [0.1, 0.15) is 5.52 Å². The summed E-state index contributed by atoms with van der Waals surface area (Å²) in [5.74, 6) is 0.942. The van der Waals surface area contributed by atoms with Crippen LogP contribution in [0.15, 0.2) is 37.1 Å². The van der Waals surface area contributed by atoms with Gasteiger partial charge in [0.15, 0.2) is 5.82 Å². The van der Waals surface area contributed by atoms with Crippen LogP contribution in [0.3, 0.4) is 0 Å². The van der Waals surface area contributed by atoms with Gasteiger partial charge in [-0.05, 0) is 6.07 Å². The summed E-state index contributed by atoms with van der Waals surface area (Å²) in [5, 5.41) is 11.5. The topological polar surface area (TPSA) is 83.6 Å². The Morgan fingerprint density at radius 2 is 2.12 bits per heavy atom. The Bertz CT molecular complexity index is 909. The molecule has 122 valence electrons. The highest BCUT2D eigenvalue weighted by atomic mass is 16.2. The first-order valence-corrected chi connectivity index (χ1v) is 7.92. The fraction of sp³-hybridized carbons (Fsp3) is 0.333. The fourth-order valence-corrected chi connectivity index (χ4v) is 3.27. The molecule has 0 radical (unpaired) electrons. The lowest BCUT2D eigenvalue weighted by atomic mass is 10.1. The average molecular weight is 324 g/mol. The van der Waals surface area contributed by atoms with Crippen molar-refractivity contribution in [3.63, 3.8) is 0 Å². The molecule has 5 heterocycles. The summed E-state index contributed by atoms with van der Waals surface area (Å²) in [4.78, 5) is 20.1. The number of anilines is 2. The highest BCUT2D eigenvalue weighted by Crippen LogP contribution is 2.29. The van der Waals surface area contributed by atoms with E-state index in [-0.39, 0.29) is 12.1 Å². The Labute approximate surface area is 137 Å². The lowest BCUT2D eigenvalue weighted by molar-refractivity contribution is 0.252. The van der Waals surface area contributed by atoms with Crippen molar-refractivity contribution in [2.45, 2.75) is 6.04 Å². The zero-order valence-corrected chi connectivity index (χ0v) is 12.9. The van der Waals surface area contributed by atoms with Gasteiger partial charge >= 0.3 is 6.03 Å². The molecule has 0 spiro atoms. The van der Waals surface area contributed by atoms with Crippen LogP contribution < -0.4 is 15.1 Å². The van der Waals surface area contributed by atoms with Gasteiger partial charge in [0, 0.05) is 44.8 Å². The maximum atomic E-state index is 11.7. The van der Waals surface area contributed by atoms with Gasteiger partial charge in [0.2, 0.25) is 0 Å². The molecule has 0 unspecified atom stereocenters. The van der Waals surface area contributed by atoms with Crippen LogP contribution in [0.5, 0.6) is 0 Å². The van der Waals surface area contributed by atoms with Gasteiger partial charge in [0.25, 0.3) is 0 Å². The Kier molecular flexibility index (Phi) is 2.75. The maximum Gasteiger partial charge on any atom is 0.322 e. The van der Waals surface area contributed by atoms with Gasteiger partial charge < -0.3 is 10.2 Å². The molecule has 2 aliphatic rings. The van der Waals surface area contributed by atoms with Crippen molar-refractivity contribution in [1.82, 2.24) is 29.7 Å². The van der Waals surface area contributed by atoms with Crippen molar-refractivity contribution >= 4 is 23.1 Å². The van der Waals surface area contributed by atoms with Crippen molar-refractivity contribution in [2.24, 2.45) is 0 Å². The molecule has 0 atom stereocenters. The lowest BCUT2D eigenvalue weighted by Crippen LogP contribution is -2.48. The zero-order chi connectivity index (χ0) is 16.1. The summed E-state index contributed by atoms with van der Waals surface area (Å²) in [6, 6.07) is 2.20. The first kappa shape index (κ1) is 13.3. The Hall–Kier alpha value is -3.10. The van der Waals surface area contributed by atoms with Crippen LogP contribution >= 0.6 is 0 Å². The highest BCUT2D eigenvalue weighted by Gasteiger charge is 2.32. The zero-order valence-electron chi connectivity index (χ0n) is 12.9. The SMILES string of the molecule is O=C1NCCN1c1cnn(C2CN(c3nccn4nccc34)C2)c1. The van der Waals surface area contributed by atoms with Gasteiger partial charge in [-0.15, -0.1) is 0 Å². The number of fused-ring (bicyclic) bond motifs is 1. The van der Waals surface area contributed by atoms with E-state index < -0.39 is 0 Å². The molecule has 0 saturated carbocycles. The van der Waals surface area contributed by atoms with E-state index in [2.05, 4.69) is 25.4 Å². The molecular weight excluding hydrogens is 308 g/mol. The molecule has 5 rings (SSSR count). The standard InChI is InChI=1S/C15H16N8O/c24-15-17-3-5-21(15)11-7-19-23(10-11)12-8-20(9-12)14-13-1-2-18-22(13)6-4-16-14/h1-2,4,6-7,10,12H,3,5,8-9H2,(H,17,24). The quantitative estimate of drug-likeness (QED) is 0.759. The Morgan fingerprint density at radius 1 is 1.21 bits per heavy atom. The summed E-state index contributed by atoms with van der Waals surface area (Å²) in [7, 11) is 0. The number of nitrogens with one attached hydrogen (secondary N) is 1. The summed E-state index contributed by atoms with van der Waals surface area (Å²) in [6.07, 6.45) is 9.08. The minimum atomic E-state index is -0.0543. The summed E-state index contributed by atoms with van der Waals surface area (Å²) >= 11 is 0. The van der Waals surface area contributed by atoms with Gasteiger partial charge in [-0.25, -0.2) is 14.3 Å². The summed E-state index contributed by atoms with van der Waals surface area (Å²) in [5.41, 5.74) is 1.85. The number of hydrogen-bond acceptors (Lipinski definition) is 5. The molecular formula is C15H16N8O. The van der Waals surface area contributed by atoms with Gasteiger partial charge in [0.05, 0.1) is 24.1 Å². The van der Waals surface area contributed by atoms with E-state index in [0.29, 0.717) is 13.1 Å². The van der Waals surface area contributed by atoms with E-state index in [1.807, 2.05) is 27.7 Å². The molecule has 1 N–H and O–H groups in total. The Morgan fingerprint density at radius 3 is 2.96 bits per heavy atom. The van der Waals surface area contributed by atoms with Crippen LogP contribution in [-0.2, 0) is 0 Å². The number of carbonyl (C=O) groups is 1. The van der Waals surface area contributed by atoms with E-state index in [1.165, 1.54) is 0 Å². The molecule has 24 heavy (non-hydrogen) atoms. The smallest absolute Gasteiger partial charge is 0.322 e. The van der Waals surface area contributed by atoms with Gasteiger partial charge in [-0.1, -0.05) is 0 Å². The van der Waals surface area contributed by atoms with Crippen LogP contribution in [0.2, 0.25) is 0 Å². The number of carbonyl (C=O) groups excluding carboxylic acids is 1. The van der Waals surface area contributed by atoms with Crippen LogP contribution in [0, 0.1) is 0 Å². The number of urea groups is 1. The fourth-order valence-electron chi connectivity index (χ4n) is 3.27. The second-order valence-electron chi connectivity index (χ2n) is 6.03. The molecule has 3 aromatic heterocycles. The van der Waals surface area contributed by atoms with Crippen LogP contribution in [-0.4, -0.2) is 56.6 Å². The second kappa shape index (κ2) is 4.95. The second-order valence-corrected chi connectivity index (χ2v) is 6.03. The normalized spacial score (nSPS) is 18.2. The van der Waals surface area contributed by atoms with E-state index in [9.17, 15) is 4.79 Å². The molecule has 2 saturated heterocycles. The molecule has 0 aliphatic carbocycles. The average Bonchev–Trinajstić information content (AvgIpc) is 3.25. The Balaban J connectivity index is 1.32. The number of aromatic nitrogens is 5. The van der Waals surface area contributed by atoms with Gasteiger partial charge in [-0.2, -0.15) is 10.2 Å². The molecule has 2 amide bonds. The first-order valence-electron chi connectivity index (χ1n) is 7.92. The third-order valence-electron chi connectivity index (χ3n) is 4.60. The van der Waals surface area contributed by atoms with Crippen molar-refractivity contribution in [1.29, 1.82) is 0 Å². The van der Waals surface area contributed by atoms with E-state index in [0.717, 1.165) is 30.1 Å². The largest absolute Gasteiger partial charge is 0.350 e. The lowest BCUT2D eigenvalue weighted by Gasteiger charge is -2.40. The van der Waals surface area contributed by atoms with Crippen molar-refractivity contribution in [2.75, 3.05) is 36.0 Å². The van der Waals surface area contributed by atoms with E-state index in [4.69, 9.17) is 0 Å². The molecule has 2 aliphatic heterocycles. The molecule has 0 bridgehead atoms. The molecule has 3 aromatic rings. The van der Waals surface area contributed by atoms with E-state index in [1.54, 1.807) is 23.5 Å². The van der Waals surface area contributed by atoms with Crippen molar-refractivity contribution < 1.29 is 4.79 Å². The van der Waals surface area contributed by atoms with Crippen molar-refractivity contribution in [3.05, 3.63) is 37.1 Å². The van der Waals surface area contributed by atoms with Crippen LogP contribution in [0.25, 0.3) is 5.52 Å². The monoisotopic (exact) mass is 324 g/mol. The van der Waals surface area contributed by atoms with Crippen molar-refractivity contribution in [3.8, 4) is 0 Å². The third-order valence-corrected chi connectivity index (χ3v) is 4.60. The molecule has 0 aromatic carbocycles.